The minimum absolute atomic E-state index is 0.0378. The van der Waals surface area contributed by atoms with E-state index in [2.05, 4.69) is 5.43 Å². The van der Waals surface area contributed by atoms with Crippen molar-refractivity contribution >= 4 is 17.5 Å². The Morgan fingerprint density at radius 3 is 2.94 bits per heavy atom. The van der Waals surface area contributed by atoms with Crippen molar-refractivity contribution in [3.8, 4) is 0 Å². The first-order valence-electron chi connectivity index (χ1n) is 5.49. The number of amides is 2. The predicted molar refractivity (Wildman–Crippen MR) is 64.0 cm³/mol. The molecule has 0 aromatic heterocycles. The van der Waals surface area contributed by atoms with Gasteiger partial charge in [-0.05, 0) is 24.6 Å². The second-order valence-corrected chi connectivity index (χ2v) is 4.25. The molecule has 3 N–H and O–H groups in total. The van der Waals surface area contributed by atoms with Crippen LogP contribution in [-0.4, -0.2) is 18.4 Å². The van der Waals surface area contributed by atoms with E-state index in [0.717, 1.165) is 11.3 Å². The van der Waals surface area contributed by atoms with Crippen molar-refractivity contribution in [3.05, 3.63) is 29.8 Å². The average molecular weight is 233 g/mol. The molecule has 0 radical (unpaired) electrons. The van der Waals surface area contributed by atoms with E-state index in [1.807, 2.05) is 31.2 Å². The van der Waals surface area contributed by atoms with Gasteiger partial charge in [-0.2, -0.15) is 0 Å². The number of hydrogen-bond acceptors (Lipinski definition) is 3. The van der Waals surface area contributed by atoms with E-state index >= 15 is 0 Å². The van der Waals surface area contributed by atoms with Crippen LogP contribution < -0.4 is 16.2 Å². The highest BCUT2D eigenvalue weighted by Gasteiger charge is 2.34. The molecule has 90 valence electrons. The van der Waals surface area contributed by atoms with Gasteiger partial charge < -0.3 is 4.90 Å². The molecule has 0 saturated carbocycles. The van der Waals surface area contributed by atoms with Crippen LogP contribution >= 0.6 is 0 Å². The van der Waals surface area contributed by atoms with E-state index in [0.29, 0.717) is 6.54 Å². The van der Waals surface area contributed by atoms with Crippen molar-refractivity contribution < 1.29 is 9.59 Å². The molecule has 1 aromatic carbocycles. The lowest BCUT2D eigenvalue weighted by Crippen LogP contribution is -2.37. The maximum atomic E-state index is 11.8. The topological polar surface area (TPSA) is 75.4 Å². The maximum absolute atomic E-state index is 11.8. The highest BCUT2D eigenvalue weighted by molar-refractivity contribution is 6.00. The summed E-state index contributed by atoms with van der Waals surface area (Å²) in [5, 5.41) is 0. The zero-order valence-electron chi connectivity index (χ0n) is 9.64. The molecule has 0 unspecified atom stereocenters. The third-order valence-electron chi connectivity index (χ3n) is 2.95. The Morgan fingerprint density at radius 2 is 2.29 bits per heavy atom. The van der Waals surface area contributed by atoms with E-state index in [1.165, 1.54) is 0 Å². The van der Waals surface area contributed by atoms with Gasteiger partial charge in [0.05, 0.1) is 5.92 Å². The molecule has 17 heavy (non-hydrogen) atoms. The molecule has 2 rings (SSSR count). The lowest BCUT2D eigenvalue weighted by Gasteiger charge is -2.16. The fourth-order valence-corrected chi connectivity index (χ4v) is 2.05. The van der Waals surface area contributed by atoms with Gasteiger partial charge in [0, 0.05) is 18.7 Å². The Balaban J connectivity index is 2.18. The minimum Gasteiger partial charge on any atom is -0.312 e. The van der Waals surface area contributed by atoms with Gasteiger partial charge in [-0.25, -0.2) is 5.84 Å². The fraction of sp³-hybridized carbons (Fsp3) is 0.333. The average Bonchev–Trinajstić information content (AvgIpc) is 2.70. The zero-order valence-corrected chi connectivity index (χ0v) is 9.64. The third-order valence-corrected chi connectivity index (χ3v) is 2.95. The second kappa shape index (κ2) is 4.55. The Labute approximate surface area is 99.6 Å². The predicted octanol–water partition coefficient (Wildman–Crippen LogP) is 0.338. The SMILES string of the molecule is Cc1cccc(N2C[C@H](C(=O)NN)CC2=O)c1. The standard InChI is InChI=1S/C12H15N3O2/c1-8-3-2-4-10(5-8)15-7-9(6-11(15)16)12(17)14-13/h2-5,9H,6-7,13H2,1H3,(H,14,17)/t9-/m1/s1. The van der Waals surface area contributed by atoms with Gasteiger partial charge in [-0.3, -0.25) is 15.0 Å². The van der Waals surface area contributed by atoms with Crippen molar-refractivity contribution in [2.24, 2.45) is 11.8 Å². The van der Waals surface area contributed by atoms with E-state index in [1.54, 1.807) is 4.90 Å². The molecule has 0 bridgehead atoms. The number of carbonyl (C=O) groups is 2. The van der Waals surface area contributed by atoms with Crippen molar-refractivity contribution in [2.75, 3.05) is 11.4 Å². The Kier molecular flexibility index (Phi) is 3.10. The number of nitrogens with zero attached hydrogens (tertiary/aromatic N) is 1. The molecule has 0 aliphatic carbocycles. The summed E-state index contributed by atoms with van der Waals surface area (Å²) in [6.07, 6.45) is 0.219. The molecular formula is C12H15N3O2. The summed E-state index contributed by atoms with van der Waals surface area (Å²) in [5.41, 5.74) is 4.01. The zero-order chi connectivity index (χ0) is 12.4. The van der Waals surface area contributed by atoms with Crippen molar-refractivity contribution in [3.63, 3.8) is 0 Å². The quantitative estimate of drug-likeness (QED) is 0.439. The third kappa shape index (κ3) is 2.29. The molecular weight excluding hydrogens is 218 g/mol. The summed E-state index contributed by atoms with van der Waals surface area (Å²) in [6.45, 7) is 2.36. The number of nitrogens with two attached hydrogens (primary N) is 1. The molecule has 1 heterocycles. The summed E-state index contributed by atoms with van der Waals surface area (Å²) in [5.74, 6) is 4.40. The molecule has 0 spiro atoms. The number of carbonyl (C=O) groups excluding carboxylic acids is 2. The molecule has 1 aromatic rings. The van der Waals surface area contributed by atoms with Gasteiger partial charge >= 0.3 is 0 Å². The summed E-state index contributed by atoms with van der Waals surface area (Å²) in [4.78, 5) is 24.8. The smallest absolute Gasteiger partial charge is 0.239 e. The van der Waals surface area contributed by atoms with Crippen LogP contribution in [0, 0.1) is 12.8 Å². The largest absolute Gasteiger partial charge is 0.312 e. The first kappa shape index (κ1) is 11.6. The number of rotatable bonds is 2. The van der Waals surface area contributed by atoms with Crippen molar-refractivity contribution in [1.82, 2.24) is 5.43 Å². The van der Waals surface area contributed by atoms with Gasteiger partial charge in [-0.1, -0.05) is 12.1 Å². The molecule has 1 atom stereocenters. The number of hydrazine groups is 1. The molecule has 1 fully saturated rings. The Hall–Kier alpha value is -1.88. The number of aryl methyl sites for hydroxylation is 1. The first-order chi connectivity index (χ1) is 8.11. The molecule has 5 heteroatoms. The van der Waals surface area contributed by atoms with E-state index < -0.39 is 0 Å². The molecule has 1 aliphatic heterocycles. The normalized spacial score (nSPS) is 19.5. The Bertz CT molecular complexity index is 459. The lowest BCUT2D eigenvalue weighted by molar-refractivity contribution is -0.126. The monoisotopic (exact) mass is 233 g/mol. The van der Waals surface area contributed by atoms with Gasteiger partial charge in [0.15, 0.2) is 0 Å². The van der Waals surface area contributed by atoms with Crippen molar-refractivity contribution in [2.45, 2.75) is 13.3 Å². The van der Waals surface area contributed by atoms with Gasteiger partial charge in [0.25, 0.3) is 0 Å². The van der Waals surface area contributed by atoms with Crippen LogP contribution in [-0.2, 0) is 9.59 Å². The van der Waals surface area contributed by atoms with Gasteiger partial charge in [-0.15, -0.1) is 0 Å². The highest BCUT2D eigenvalue weighted by atomic mass is 16.2. The van der Waals surface area contributed by atoms with Crippen molar-refractivity contribution in [1.29, 1.82) is 0 Å². The number of nitrogens with one attached hydrogen (secondary N) is 1. The Morgan fingerprint density at radius 1 is 1.53 bits per heavy atom. The van der Waals surface area contributed by atoms with E-state index in [9.17, 15) is 9.59 Å². The highest BCUT2D eigenvalue weighted by Crippen LogP contribution is 2.25. The lowest BCUT2D eigenvalue weighted by atomic mass is 10.1. The molecule has 5 nitrogen and oxygen atoms in total. The number of benzene rings is 1. The first-order valence-corrected chi connectivity index (χ1v) is 5.49. The summed E-state index contributed by atoms with van der Waals surface area (Å²) in [6, 6.07) is 7.66. The second-order valence-electron chi connectivity index (χ2n) is 4.25. The summed E-state index contributed by atoms with van der Waals surface area (Å²) in [7, 11) is 0. The van der Waals surface area contributed by atoms with Crippen LogP contribution in [0.5, 0.6) is 0 Å². The van der Waals surface area contributed by atoms with Crippen LogP contribution in [0.25, 0.3) is 0 Å². The van der Waals surface area contributed by atoms with Crippen LogP contribution in [0.15, 0.2) is 24.3 Å². The van der Waals surface area contributed by atoms with E-state index in [-0.39, 0.29) is 24.2 Å². The molecule has 2 amide bonds. The van der Waals surface area contributed by atoms with Crippen LogP contribution in [0.1, 0.15) is 12.0 Å². The van der Waals surface area contributed by atoms with Gasteiger partial charge in [0.2, 0.25) is 11.8 Å². The number of anilines is 1. The van der Waals surface area contributed by atoms with Crippen LogP contribution in [0.3, 0.4) is 0 Å². The molecule has 1 aliphatic rings. The fourth-order valence-electron chi connectivity index (χ4n) is 2.05. The molecule has 1 saturated heterocycles. The maximum Gasteiger partial charge on any atom is 0.239 e. The van der Waals surface area contributed by atoms with Gasteiger partial charge in [0.1, 0.15) is 0 Å². The summed E-state index contributed by atoms with van der Waals surface area (Å²) < 4.78 is 0. The van der Waals surface area contributed by atoms with Crippen LogP contribution in [0.4, 0.5) is 5.69 Å². The summed E-state index contributed by atoms with van der Waals surface area (Å²) >= 11 is 0. The van der Waals surface area contributed by atoms with E-state index in [4.69, 9.17) is 5.84 Å². The van der Waals surface area contributed by atoms with Crippen LogP contribution in [0.2, 0.25) is 0 Å². The minimum atomic E-state index is -0.354. The number of hydrogen-bond donors (Lipinski definition) is 2.